The minimum Gasteiger partial charge on any atom is -0.504 e. The van der Waals surface area contributed by atoms with Gasteiger partial charge in [0.25, 0.3) is 0 Å². The number of nitrogens with zero attached hydrogens (tertiary/aromatic N) is 3. The van der Waals surface area contributed by atoms with Crippen LogP contribution < -0.4 is 4.74 Å². The van der Waals surface area contributed by atoms with E-state index in [1.54, 1.807) is 13.2 Å². The maximum absolute atomic E-state index is 10.0. The van der Waals surface area contributed by atoms with Crippen LogP contribution in [0.1, 0.15) is 56.0 Å². The van der Waals surface area contributed by atoms with Gasteiger partial charge in [-0.1, -0.05) is 51.1 Å². The van der Waals surface area contributed by atoms with Crippen molar-refractivity contribution in [1.29, 1.82) is 0 Å². The highest BCUT2D eigenvalue weighted by molar-refractivity contribution is 6.09. The third-order valence-corrected chi connectivity index (χ3v) is 6.42. The number of hydrazone groups is 1. The van der Waals surface area contributed by atoms with Gasteiger partial charge in [-0.3, -0.25) is 4.99 Å². The van der Waals surface area contributed by atoms with Gasteiger partial charge in [-0.2, -0.15) is 5.10 Å². The van der Waals surface area contributed by atoms with Gasteiger partial charge in [0.05, 0.1) is 24.9 Å². The minimum atomic E-state index is 0.0164. The van der Waals surface area contributed by atoms with E-state index >= 15 is 0 Å². The fraction of sp³-hybridized carbons (Fsp3) is 0.417. The van der Waals surface area contributed by atoms with Crippen molar-refractivity contribution in [3.63, 3.8) is 0 Å². The summed E-state index contributed by atoms with van der Waals surface area (Å²) in [6.45, 7) is 6.65. The highest BCUT2D eigenvalue weighted by Gasteiger charge is 2.48. The van der Waals surface area contributed by atoms with Crippen molar-refractivity contribution in [2.24, 2.45) is 21.4 Å². The first kappa shape index (κ1) is 18.2. The summed E-state index contributed by atoms with van der Waals surface area (Å²) in [6.07, 6.45) is 1.77. The summed E-state index contributed by atoms with van der Waals surface area (Å²) < 4.78 is 5.37. The van der Waals surface area contributed by atoms with Crippen LogP contribution in [0.2, 0.25) is 0 Å². The summed E-state index contributed by atoms with van der Waals surface area (Å²) in [5.41, 5.74) is 5.03. The molecule has 3 unspecified atom stereocenters. The molecule has 5 rings (SSSR count). The average Bonchev–Trinajstić information content (AvgIpc) is 3.29. The minimum absolute atomic E-state index is 0.0164. The van der Waals surface area contributed by atoms with Crippen LogP contribution in [0.3, 0.4) is 0 Å². The number of rotatable bonds is 2. The van der Waals surface area contributed by atoms with Crippen molar-refractivity contribution in [2.75, 3.05) is 7.11 Å². The summed E-state index contributed by atoms with van der Waals surface area (Å²) >= 11 is 0. The summed E-state index contributed by atoms with van der Waals surface area (Å²) in [4.78, 5) is 5.20. The molecule has 0 saturated carbocycles. The highest BCUT2D eigenvalue weighted by atomic mass is 16.5. The molecule has 0 saturated heterocycles. The molecule has 5 nitrogen and oxygen atoms in total. The molecular weight excluding hydrogens is 362 g/mol. The van der Waals surface area contributed by atoms with Crippen molar-refractivity contribution in [3.8, 4) is 11.5 Å². The SMILES string of the molecule is COc1cc(C2N=C3CC(C(C)(C)C)=NN3C3c4ccccc4CC23)ccc1O. The molecule has 3 atom stereocenters. The van der Waals surface area contributed by atoms with E-state index in [1.807, 2.05) is 12.1 Å². The predicted molar refractivity (Wildman–Crippen MR) is 115 cm³/mol. The molecule has 0 amide bonds. The standard InChI is InChI=1S/C24H27N3O2/c1-24(2,3)20-13-21-25-22(15-9-10-18(28)19(12-15)29-4)17-11-14-7-5-6-8-16(14)23(17)27(21)26-20/h5-10,12,17,22-23,28H,11,13H2,1-4H3. The molecule has 1 N–H and O–H groups in total. The molecule has 2 aliphatic heterocycles. The number of phenols is 1. The first-order valence-corrected chi connectivity index (χ1v) is 10.3. The Labute approximate surface area is 171 Å². The predicted octanol–water partition coefficient (Wildman–Crippen LogP) is 4.88. The second-order valence-corrected chi connectivity index (χ2v) is 9.25. The van der Waals surface area contributed by atoms with E-state index in [-0.39, 0.29) is 23.2 Å². The van der Waals surface area contributed by atoms with E-state index in [2.05, 4.69) is 50.0 Å². The zero-order valence-electron chi connectivity index (χ0n) is 17.4. The Hall–Kier alpha value is -2.82. The van der Waals surface area contributed by atoms with E-state index in [1.165, 1.54) is 16.8 Å². The molecule has 150 valence electrons. The Bertz CT molecular complexity index is 1030. The lowest BCUT2D eigenvalue weighted by molar-refractivity contribution is 0.204. The molecule has 0 bridgehead atoms. The lowest BCUT2D eigenvalue weighted by atomic mass is 9.85. The molecule has 5 heteroatoms. The van der Waals surface area contributed by atoms with Crippen LogP contribution in [0, 0.1) is 11.3 Å². The molecule has 3 aliphatic rings. The van der Waals surface area contributed by atoms with Gasteiger partial charge in [-0.05, 0) is 35.2 Å². The number of methoxy groups -OCH3 is 1. The van der Waals surface area contributed by atoms with Crippen molar-refractivity contribution >= 4 is 11.5 Å². The lowest BCUT2D eigenvalue weighted by Gasteiger charge is -2.37. The van der Waals surface area contributed by atoms with Gasteiger partial charge in [0, 0.05) is 17.8 Å². The van der Waals surface area contributed by atoms with Gasteiger partial charge in [-0.15, -0.1) is 0 Å². The van der Waals surface area contributed by atoms with Gasteiger partial charge >= 0.3 is 0 Å². The van der Waals surface area contributed by atoms with E-state index in [4.69, 9.17) is 14.8 Å². The van der Waals surface area contributed by atoms with Crippen LogP contribution in [-0.2, 0) is 6.42 Å². The third kappa shape index (κ3) is 2.83. The number of hydrogen-bond donors (Lipinski definition) is 1. The first-order chi connectivity index (χ1) is 13.9. The molecule has 2 heterocycles. The van der Waals surface area contributed by atoms with Crippen LogP contribution in [-0.4, -0.2) is 28.8 Å². The molecule has 2 aromatic carbocycles. The molecular formula is C24H27N3O2. The van der Waals surface area contributed by atoms with Crippen molar-refractivity contribution in [3.05, 3.63) is 59.2 Å². The van der Waals surface area contributed by atoms with Gasteiger partial charge < -0.3 is 9.84 Å². The Morgan fingerprint density at radius 1 is 1.14 bits per heavy atom. The van der Waals surface area contributed by atoms with Crippen LogP contribution in [0.5, 0.6) is 11.5 Å². The number of aromatic hydroxyl groups is 1. The maximum Gasteiger partial charge on any atom is 0.160 e. The van der Waals surface area contributed by atoms with Crippen molar-refractivity contribution < 1.29 is 9.84 Å². The Kier molecular flexibility index (Phi) is 3.99. The van der Waals surface area contributed by atoms with E-state index in [0.717, 1.165) is 24.2 Å². The smallest absolute Gasteiger partial charge is 0.160 e. The van der Waals surface area contributed by atoms with Crippen molar-refractivity contribution in [1.82, 2.24) is 5.01 Å². The molecule has 1 aliphatic carbocycles. The Morgan fingerprint density at radius 2 is 1.93 bits per heavy atom. The van der Waals surface area contributed by atoms with E-state index < -0.39 is 0 Å². The fourth-order valence-electron chi connectivity index (χ4n) is 4.86. The monoisotopic (exact) mass is 389 g/mol. The van der Waals surface area contributed by atoms with Crippen LogP contribution >= 0.6 is 0 Å². The van der Waals surface area contributed by atoms with Gasteiger partial charge in [0.15, 0.2) is 11.5 Å². The second-order valence-electron chi connectivity index (χ2n) is 9.25. The van der Waals surface area contributed by atoms with E-state index in [9.17, 15) is 5.11 Å². The zero-order chi connectivity index (χ0) is 20.3. The second kappa shape index (κ2) is 6.34. The number of amidine groups is 1. The third-order valence-electron chi connectivity index (χ3n) is 6.42. The summed E-state index contributed by atoms with van der Waals surface area (Å²) in [7, 11) is 1.59. The molecule has 0 spiro atoms. The quantitative estimate of drug-likeness (QED) is 0.797. The topological polar surface area (TPSA) is 57.4 Å². The number of hydrogen-bond acceptors (Lipinski definition) is 5. The number of benzene rings is 2. The van der Waals surface area contributed by atoms with Gasteiger partial charge in [0.2, 0.25) is 0 Å². The van der Waals surface area contributed by atoms with Gasteiger partial charge in [0.1, 0.15) is 5.84 Å². The van der Waals surface area contributed by atoms with Crippen LogP contribution in [0.4, 0.5) is 0 Å². The first-order valence-electron chi connectivity index (χ1n) is 10.3. The molecule has 0 radical (unpaired) electrons. The number of aliphatic imine (C=N–C) groups is 1. The average molecular weight is 389 g/mol. The Balaban J connectivity index is 1.63. The molecule has 2 aromatic rings. The number of ether oxygens (including phenoxy) is 1. The van der Waals surface area contributed by atoms with E-state index in [0.29, 0.717) is 11.7 Å². The van der Waals surface area contributed by atoms with Crippen molar-refractivity contribution in [2.45, 2.75) is 45.7 Å². The van der Waals surface area contributed by atoms with Crippen LogP contribution in [0.15, 0.2) is 52.6 Å². The summed E-state index contributed by atoms with van der Waals surface area (Å²) in [5, 5.41) is 17.3. The normalized spacial score (nSPS) is 25.1. The molecule has 0 aromatic heterocycles. The Morgan fingerprint density at radius 3 is 2.69 bits per heavy atom. The molecule has 0 fully saturated rings. The van der Waals surface area contributed by atoms with Crippen LogP contribution in [0.25, 0.3) is 0 Å². The van der Waals surface area contributed by atoms with Gasteiger partial charge in [-0.25, -0.2) is 5.01 Å². The summed E-state index contributed by atoms with van der Waals surface area (Å²) in [5.74, 6) is 2.00. The lowest BCUT2D eigenvalue weighted by Crippen LogP contribution is -2.37. The summed E-state index contributed by atoms with van der Waals surface area (Å²) in [6, 6.07) is 14.5. The zero-order valence-corrected chi connectivity index (χ0v) is 17.4. The number of fused-ring (bicyclic) bond motifs is 5. The molecule has 29 heavy (non-hydrogen) atoms. The number of phenolic OH excluding ortho intramolecular Hbond substituents is 1. The fourth-order valence-corrected chi connectivity index (χ4v) is 4.86. The highest BCUT2D eigenvalue weighted by Crippen LogP contribution is 2.52. The maximum atomic E-state index is 10.0. The largest absolute Gasteiger partial charge is 0.504 e.